The van der Waals surface area contributed by atoms with Crippen molar-refractivity contribution >= 4 is 34.8 Å². The van der Waals surface area contributed by atoms with E-state index in [0.29, 0.717) is 51.8 Å². The molecule has 28 heavy (non-hydrogen) atoms. The summed E-state index contributed by atoms with van der Waals surface area (Å²) < 4.78 is 11.6. The van der Waals surface area contributed by atoms with Crippen molar-refractivity contribution in [1.29, 1.82) is 0 Å². The van der Waals surface area contributed by atoms with E-state index < -0.39 is 0 Å². The Kier molecular flexibility index (Phi) is 6.07. The van der Waals surface area contributed by atoms with Crippen LogP contribution < -0.4 is 4.74 Å². The molecule has 0 saturated heterocycles. The van der Waals surface area contributed by atoms with Crippen molar-refractivity contribution in [3.05, 3.63) is 63.4 Å². The van der Waals surface area contributed by atoms with Gasteiger partial charge in [-0.25, -0.2) is 0 Å². The van der Waals surface area contributed by atoms with E-state index in [1.807, 2.05) is 12.1 Å². The highest BCUT2D eigenvalue weighted by Crippen LogP contribution is 2.30. The summed E-state index contributed by atoms with van der Waals surface area (Å²) in [7, 11) is 0. The summed E-state index contributed by atoms with van der Waals surface area (Å²) >= 11 is 18.1. The molecule has 0 aliphatic heterocycles. The van der Waals surface area contributed by atoms with Crippen molar-refractivity contribution in [2.75, 3.05) is 13.2 Å². The quantitative estimate of drug-likeness (QED) is 0.449. The molecule has 0 bridgehead atoms. The first-order valence-electron chi connectivity index (χ1n) is 8.99. The molecule has 1 aromatic heterocycles. The van der Waals surface area contributed by atoms with Crippen LogP contribution in [0, 0.1) is 0 Å². The number of rotatable bonds is 8. The van der Waals surface area contributed by atoms with Crippen molar-refractivity contribution in [3.63, 3.8) is 0 Å². The summed E-state index contributed by atoms with van der Waals surface area (Å²) in [6.45, 7) is 1.80. The van der Waals surface area contributed by atoms with Gasteiger partial charge < -0.3 is 9.15 Å². The Hall–Kier alpha value is -1.79. The van der Waals surface area contributed by atoms with E-state index in [2.05, 4.69) is 15.1 Å². The fraction of sp³-hybridized carbons (Fsp3) is 0.300. The highest BCUT2D eigenvalue weighted by atomic mass is 35.5. The minimum absolute atomic E-state index is 0.490. The van der Waals surface area contributed by atoms with Crippen LogP contribution in [0.25, 0.3) is 11.5 Å². The van der Waals surface area contributed by atoms with Crippen LogP contribution in [0.3, 0.4) is 0 Å². The van der Waals surface area contributed by atoms with Crippen LogP contribution >= 0.6 is 34.8 Å². The second-order valence-corrected chi connectivity index (χ2v) is 7.91. The van der Waals surface area contributed by atoms with Crippen LogP contribution in [0.2, 0.25) is 15.1 Å². The zero-order chi connectivity index (χ0) is 19.5. The average molecular weight is 439 g/mol. The molecule has 0 spiro atoms. The Morgan fingerprint density at radius 2 is 1.75 bits per heavy atom. The predicted octanol–water partition coefficient (Wildman–Crippen LogP) is 5.74. The first-order chi connectivity index (χ1) is 13.6. The minimum Gasteiger partial charge on any atom is -0.491 e. The summed E-state index contributed by atoms with van der Waals surface area (Å²) in [5, 5.41) is 10.1. The van der Waals surface area contributed by atoms with Crippen LogP contribution in [-0.2, 0) is 6.54 Å². The van der Waals surface area contributed by atoms with E-state index in [0.717, 1.165) is 24.9 Å². The van der Waals surface area contributed by atoms with Gasteiger partial charge in [0.05, 0.1) is 11.6 Å². The largest absolute Gasteiger partial charge is 0.491 e. The standard InChI is InChI=1S/C20H18Cl3N3O2/c21-14-3-1-13(2-4-14)20-25-24-19(28-20)12-26(16-6-7-16)9-10-27-18-11-15(22)5-8-17(18)23/h1-5,8,11,16H,6-7,9-10,12H2. The van der Waals surface area contributed by atoms with Gasteiger partial charge in [-0.3, -0.25) is 4.90 Å². The van der Waals surface area contributed by atoms with Gasteiger partial charge in [-0.1, -0.05) is 34.8 Å². The SMILES string of the molecule is Clc1ccc(-c2nnc(CN(CCOc3cc(Cl)ccc3Cl)C3CC3)o2)cc1. The zero-order valence-corrected chi connectivity index (χ0v) is 17.2. The molecule has 2 aromatic carbocycles. The van der Waals surface area contributed by atoms with E-state index >= 15 is 0 Å². The lowest BCUT2D eigenvalue weighted by atomic mass is 10.2. The Morgan fingerprint density at radius 1 is 1.00 bits per heavy atom. The molecule has 0 amide bonds. The van der Waals surface area contributed by atoms with Crippen LogP contribution in [0.4, 0.5) is 0 Å². The van der Waals surface area contributed by atoms with Gasteiger partial charge in [-0.15, -0.1) is 10.2 Å². The molecule has 1 saturated carbocycles. The Labute approximate surface area is 178 Å². The third-order valence-corrected chi connectivity index (χ3v) is 5.29. The van der Waals surface area contributed by atoms with Crippen molar-refractivity contribution < 1.29 is 9.15 Å². The van der Waals surface area contributed by atoms with Gasteiger partial charge in [0.1, 0.15) is 12.4 Å². The normalized spacial score (nSPS) is 13.9. The molecule has 146 valence electrons. The average Bonchev–Trinajstić information content (AvgIpc) is 3.43. The number of hydrogen-bond donors (Lipinski definition) is 0. The molecule has 4 rings (SSSR count). The summed E-state index contributed by atoms with van der Waals surface area (Å²) in [4.78, 5) is 2.29. The number of ether oxygens (including phenoxy) is 1. The summed E-state index contributed by atoms with van der Waals surface area (Å²) in [6, 6.07) is 13.0. The lowest BCUT2D eigenvalue weighted by Crippen LogP contribution is -2.30. The smallest absolute Gasteiger partial charge is 0.247 e. The lowest BCUT2D eigenvalue weighted by Gasteiger charge is -2.20. The molecule has 1 aliphatic carbocycles. The van der Waals surface area contributed by atoms with Crippen LogP contribution in [0.5, 0.6) is 5.75 Å². The van der Waals surface area contributed by atoms with E-state index in [9.17, 15) is 0 Å². The summed E-state index contributed by atoms with van der Waals surface area (Å²) in [5.74, 6) is 1.66. The summed E-state index contributed by atoms with van der Waals surface area (Å²) in [5.41, 5.74) is 0.847. The third kappa shape index (κ3) is 4.97. The molecule has 1 fully saturated rings. The van der Waals surface area contributed by atoms with Gasteiger partial charge in [-0.2, -0.15) is 0 Å². The fourth-order valence-electron chi connectivity index (χ4n) is 2.89. The summed E-state index contributed by atoms with van der Waals surface area (Å²) in [6.07, 6.45) is 2.33. The Morgan fingerprint density at radius 3 is 2.50 bits per heavy atom. The second-order valence-electron chi connectivity index (χ2n) is 6.63. The van der Waals surface area contributed by atoms with Crippen molar-refractivity contribution in [3.8, 4) is 17.2 Å². The van der Waals surface area contributed by atoms with Gasteiger partial charge in [0.2, 0.25) is 11.8 Å². The fourth-order valence-corrected chi connectivity index (χ4v) is 3.35. The zero-order valence-electron chi connectivity index (χ0n) is 14.9. The van der Waals surface area contributed by atoms with E-state index in [1.165, 1.54) is 0 Å². The van der Waals surface area contributed by atoms with Gasteiger partial charge in [-0.05, 0) is 49.2 Å². The molecule has 1 heterocycles. The van der Waals surface area contributed by atoms with Crippen molar-refractivity contribution in [2.45, 2.75) is 25.4 Å². The number of benzene rings is 2. The molecular weight excluding hydrogens is 421 g/mol. The highest BCUT2D eigenvalue weighted by molar-refractivity contribution is 6.34. The van der Waals surface area contributed by atoms with Crippen LogP contribution in [0.15, 0.2) is 46.9 Å². The predicted molar refractivity (Wildman–Crippen MR) is 110 cm³/mol. The first kappa shape index (κ1) is 19.5. The van der Waals surface area contributed by atoms with Crippen LogP contribution in [0.1, 0.15) is 18.7 Å². The number of hydrogen-bond acceptors (Lipinski definition) is 5. The number of aromatic nitrogens is 2. The molecule has 0 atom stereocenters. The van der Waals surface area contributed by atoms with E-state index in [-0.39, 0.29) is 0 Å². The molecule has 5 nitrogen and oxygen atoms in total. The highest BCUT2D eigenvalue weighted by Gasteiger charge is 2.30. The maximum atomic E-state index is 6.15. The van der Waals surface area contributed by atoms with E-state index in [1.54, 1.807) is 30.3 Å². The van der Waals surface area contributed by atoms with Crippen molar-refractivity contribution in [1.82, 2.24) is 15.1 Å². The van der Waals surface area contributed by atoms with Crippen molar-refractivity contribution in [2.24, 2.45) is 0 Å². The third-order valence-electron chi connectivity index (χ3n) is 4.49. The molecule has 3 aromatic rings. The molecule has 1 aliphatic rings. The lowest BCUT2D eigenvalue weighted by molar-refractivity contribution is 0.182. The van der Waals surface area contributed by atoms with Gasteiger partial charge in [0.15, 0.2) is 0 Å². The van der Waals surface area contributed by atoms with Gasteiger partial charge in [0.25, 0.3) is 0 Å². The topological polar surface area (TPSA) is 51.4 Å². The Bertz CT molecular complexity index is 942. The van der Waals surface area contributed by atoms with Crippen LogP contribution in [-0.4, -0.2) is 34.3 Å². The molecule has 0 radical (unpaired) electrons. The van der Waals surface area contributed by atoms with E-state index in [4.69, 9.17) is 44.0 Å². The van der Waals surface area contributed by atoms with Gasteiger partial charge in [0, 0.05) is 34.3 Å². The number of halogens is 3. The Balaban J connectivity index is 1.36. The maximum Gasteiger partial charge on any atom is 0.247 e. The monoisotopic (exact) mass is 437 g/mol. The number of nitrogens with zero attached hydrogens (tertiary/aromatic N) is 3. The molecule has 0 N–H and O–H groups in total. The molecule has 8 heteroatoms. The first-order valence-corrected chi connectivity index (χ1v) is 10.1. The van der Waals surface area contributed by atoms with Gasteiger partial charge >= 0.3 is 0 Å². The maximum absolute atomic E-state index is 6.15. The molecular formula is C20H18Cl3N3O2. The minimum atomic E-state index is 0.490. The second kappa shape index (κ2) is 8.70. The molecule has 0 unspecified atom stereocenters.